The maximum Gasteiger partial charge on any atom is 0.405 e. The summed E-state index contributed by atoms with van der Waals surface area (Å²) in [6.45, 7) is 3.54. The Bertz CT molecular complexity index is 226. The second kappa shape index (κ2) is 4.30. The normalized spacial score (nSPS) is 10.9. The maximum atomic E-state index is 11.6. The summed E-state index contributed by atoms with van der Waals surface area (Å²) in [5.41, 5.74) is 1.03. The van der Waals surface area contributed by atoms with Gasteiger partial charge in [0.1, 0.15) is 6.54 Å². The maximum absolute atomic E-state index is 11.6. The first-order chi connectivity index (χ1) is 5.74. The Morgan fingerprint density at radius 1 is 1.23 bits per heavy atom. The van der Waals surface area contributed by atoms with Crippen LogP contribution in [0, 0.1) is 0 Å². The largest absolute Gasteiger partial charge is 0.405 e. The van der Waals surface area contributed by atoms with E-state index in [9.17, 15) is 18.0 Å². The molecule has 76 valence electrons. The Kier molecular flexibility index (Phi) is 3.97. The summed E-state index contributed by atoms with van der Waals surface area (Å²) in [4.78, 5) is 11.0. The van der Waals surface area contributed by atoms with Crippen LogP contribution in [0.25, 0.3) is 0 Å². The summed E-state index contributed by atoms with van der Waals surface area (Å²) in [5.74, 6) is -0.669. The molecule has 0 aliphatic carbocycles. The number of allylic oxidation sites excluding steroid dienone is 1. The van der Waals surface area contributed by atoms with Gasteiger partial charge in [-0.1, -0.05) is 5.57 Å². The van der Waals surface area contributed by atoms with Gasteiger partial charge in [0.05, 0.1) is 0 Å². The molecule has 0 radical (unpaired) electrons. The zero-order valence-electron chi connectivity index (χ0n) is 7.75. The van der Waals surface area contributed by atoms with Crippen LogP contribution in [0.1, 0.15) is 20.8 Å². The lowest BCUT2D eigenvalue weighted by atomic mass is 10.1. The van der Waals surface area contributed by atoms with Crippen LogP contribution in [0.15, 0.2) is 11.1 Å². The molecule has 13 heavy (non-hydrogen) atoms. The molecule has 0 heterocycles. The Labute approximate surface area is 74.8 Å². The number of rotatable bonds is 2. The lowest BCUT2D eigenvalue weighted by Crippen LogP contribution is -2.34. The van der Waals surface area contributed by atoms with E-state index in [2.05, 4.69) is 0 Å². The minimum atomic E-state index is -4.35. The van der Waals surface area contributed by atoms with E-state index in [0.717, 1.165) is 0 Å². The standard InChI is InChI=1S/C8H12F3NO/c1-5(2)6(3)7(13)12-4-8(9,10)11/h4H2,1-3H3,(H,12,13). The minimum Gasteiger partial charge on any atom is -0.343 e. The zero-order valence-corrected chi connectivity index (χ0v) is 7.75. The van der Waals surface area contributed by atoms with Crippen LogP contribution in [0.4, 0.5) is 13.2 Å². The van der Waals surface area contributed by atoms with E-state index >= 15 is 0 Å². The third-order valence-corrected chi connectivity index (χ3v) is 1.54. The van der Waals surface area contributed by atoms with Gasteiger partial charge in [-0.3, -0.25) is 4.79 Å². The SMILES string of the molecule is CC(C)=C(C)C(=O)NCC(F)(F)F. The van der Waals surface area contributed by atoms with Crippen molar-refractivity contribution in [2.45, 2.75) is 26.9 Å². The fourth-order valence-electron chi connectivity index (χ4n) is 0.540. The van der Waals surface area contributed by atoms with Crippen molar-refractivity contribution >= 4 is 5.91 Å². The second-order valence-electron chi connectivity index (χ2n) is 2.92. The molecule has 0 saturated heterocycles. The zero-order chi connectivity index (χ0) is 10.6. The highest BCUT2D eigenvalue weighted by atomic mass is 19.4. The molecule has 1 amide bonds. The van der Waals surface area contributed by atoms with Gasteiger partial charge in [0.25, 0.3) is 0 Å². The molecule has 0 fully saturated rings. The van der Waals surface area contributed by atoms with E-state index < -0.39 is 18.6 Å². The number of hydrogen-bond donors (Lipinski definition) is 1. The average Bonchev–Trinajstić information content (AvgIpc) is 1.97. The quantitative estimate of drug-likeness (QED) is 0.671. The Morgan fingerprint density at radius 3 is 2.00 bits per heavy atom. The van der Waals surface area contributed by atoms with E-state index in [1.165, 1.54) is 6.92 Å². The highest BCUT2D eigenvalue weighted by Crippen LogP contribution is 2.12. The molecule has 0 saturated carbocycles. The summed E-state index contributed by atoms with van der Waals surface area (Å²) in [7, 11) is 0. The summed E-state index contributed by atoms with van der Waals surface area (Å²) >= 11 is 0. The van der Waals surface area contributed by atoms with Crippen molar-refractivity contribution in [3.05, 3.63) is 11.1 Å². The first-order valence-electron chi connectivity index (χ1n) is 3.73. The highest BCUT2D eigenvalue weighted by molar-refractivity contribution is 5.93. The summed E-state index contributed by atoms with van der Waals surface area (Å²) in [6.07, 6.45) is -4.35. The molecule has 2 nitrogen and oxygen atoms in total. The first-order valence-corrected chi connectivity index (χ1v) is 3.73. The van der Waals surface area contributed by atoms with Crippen molar-refractivity contribution in [1.29, 1.82) is 0 Å². The minimum absolute atomic E-state index is 0.323. The molecule has 0 rings (SSSR count). The van der Waals surface area contributed by atoms with E-state index in [1.807, 2.05) is 0 Å². The fraction of sp³-hybridized carbons (Fsp3) is 0.625. The van der Waals surface area contributed by atoms with Crippen molar-refractivity contribution in [1.82, 2.24) is 5.32 Å². The van der Waals surface area contributed by atoms with Gasteiger partial charge in [-0.2, -0.15) is 13.2 Å². The van der Waals surface area contributed by atoms with Crippen LogP contribution in [0.5, 0.6) is 0 Å². The van der Waals surface area contributed by atoms with Crippen molar-refractivity contribution < 1.29 is 18.0 Å². The number of nitrogens with one attached hydrogen (secondary N) is 1. The first kappa shape index (κ1) is 12.0. The van der Waals surface area contributed by atoms with Gasteiger partial charge in [0.15, 0.2) is 0 Å². The topological polar surface area (TPSA) is 29.1 Å². The van der Waals surface area contributed by atoms with Gasteiger partial charge < -0.3 is 5.32 Å². The third-order valence-electron chi connectivity index (χ3n) is 1.54. The van der Waals surface area contributed by atoms with E-state index in [0.29, 0.717) is 11.1 Å². The van der Waals surface area contributed by atoms with Gasteiger partial charge in [-0.05, 0) is 20.8 Å². The average molecular weight is 195 g/mol. The van der Waals surface area contributed by atoms with E-state index in [1.54, 1.807) is 19.2 Å². The molecular formula is C8H12F3NO. The van der Waals surface area contributed by atoms with Crippen molar-refractivity contribution in [2.24, 2.45) is 0 Å². The fourth-order valence-corrected chi connectivity index (χ4v) is 0.540. The highest BCUT2D eigenvalue weighted by Gasteiger charge is 2.27. The summed E-state index contributed by atoms with van der Waals surface area (Å²) < 4.78 is 34.9. The van der Waals surface area contributed by atoms with Crippen LogP contribution in [0.3, 0.4) is 0 Å². The molecule has 0 aliphatic rings. The number of alkyl halides is 3. The molecule has 0 aliphatic heterocycles. The van der Waals surface area contributed by atoms with Crippen molar-refractivity contribution in [3.63, 3.8) is 0 Å². The van der Waals surface area contributed by atoms with Gasteiger partial charge in [-0.15, -0.1) is 0 Å². The van der Waals surface area contributed by atoms with E-state index in [4.69, 9.17) is 0 Å². The molecule has 0 bridgehead atoms. The lowest BCUT2D eigenvalue weighted by Gasteiger charge is -2.09. The Balaban J connectivity index is 4.12. The molecular weight excluding hydrogens is 183 g/mol. The molecule has 1 N–H and O–H groups in total. The van der Waals surface area contributed by atoms with E-state index in [-0.39, 0.29) is 0 Å². The molecule has 0 aromatic rings. The van der Waals surface area contributed by atoms with Crippen molar-refractivity contribution in [2.75, 3.05) is 6.54 Å². The number of carbonyl (C=O) groups is 1. The van der Waals surface area contributed by atoms with Crippen LogP contribution < -0.4 is 5.32 Å². The summed E-state index contributed by atoms with van der Waals surface area (Å²) in [5, 5.41) is 1.78. The molecule has 0 aromatic carbocycles. The second-order valence-corrected chi connectivity index (χ2v) is 2.92. The molecule has 0 unspecified atom stereocenters. The smallest absolute Gasteiger partial charge is 0.343 e. The number of carbonyl (C=O) groups excluding carboxylic acids is 1. The Morgan fingerprint density at radius 2 is 1.69 bits per heavy atom. The van der Waals surface area contributed by atoms with Gasteiger partial charge in [0.2, 0.25) is 5.91 Å². The number of hydrogen-bond acceptors (Lipinski definition) is 1. The Hall–Kier alpha value is -1.00. The van der Waals surface area contributed by atoms with Crippen LogP contribution in [-0.2, 0) is 4.79 Å². The van der Waals surface area contributed by atoms with Gasteiger partial charge >= 0.3 is 6.18 Å². The predicted octanol–water partition coefficient (Wildman–Crippen LogP) is 2.02. The van der Waals surface area contributed by atoms with Gasteiger partial charge in [-0.25, -0.2) is 0 Å². The molecule has 0 atom stereocenters. The number of amides is 1. The van der Waals surface area contributed by atoms with Crippen molar-refractivity contribution in [3.8, 4) is 0 Å². The predicted molar refractivity (Wildman–Crippen MR) is 43.1 cm³/mol. The number of halogens is 3. The van der Waals surface area contributed by atoms with Crippen LogP contribution in [-0.4, -0.2) is 18.6 Å². The van der Waals surface area contributed by atoms with Gasteiger partial charge in [0, 0.05) is 5.57 Å². The third kappa shape index (κ3) is 5.27. The lowest BCUT2D eigenvalue weighted by molar-refractivity contribution is -0.136. The van der Waals surface area contributed by atoms with Crippen LogP contribution >= 0.6 is 0 Å². The molecule has 5 heteroatoms. The van der Waals surface area contributed by atoms with Crippen LogP contribution in [0.2, 0.25) is 0 Å². The summed E-state index contributed by atoms with van der Waals surface area (Å²) in [6, 6.07) is 0. The molecule has 0 spiro atoms. The monoisotopic (exact) mass is 195 g/mol. The molecule has 0 aromatic heterocycles.